The number of halogens is 1. The zero-order valence-corrected chi connectivity index (χ0v) is 14.8. The first kappa shape index (κ1) is 17.2. The van der Waals surface area contributed by atoms with Crippen LogP contribution in [-0.2, 0) is 5.41 Å². The minimum atomic E-state index is -1.64. The maximum absolute atomic E-state index is 11.2. The summed E-state index contributed by atoms with van der Waals surface area (Å²) in [7, 11) is -1.64. The quantitative estimate of drug-likeness (QED) is 0.506. The molecule has 0 aliphatic rings. The van der Waals surface area contributed by atoms with Gasteiger partial charge in [0.25, 0.3) is 0 Å². The molecule has 0 heterocycles. The van der Waals surface area contributed by atoms with Crippen LogP contribution in [0.2, 0.25) is 19.1 Å². The van der Waals surface area contributed by atoms with Gasteiger partial charge in [-0.2, -0.15) is 0 Å². The molecule has 0 amide bonds. The lowest BCUT2D eigenvalue weighted by Crippen LogP contribution is -2.42. The number of hydrogen-bond acceptors (Lipinski definition) is 2. The summed E-state index contributed by atoms with van der Waals surface area (Å²) in [5.41, 5.74) is 1.07. The average Bonchev–Trinajstić information content (AvgIpc) is 2.35. The third-order valence-electron chi connectivity index (χ3n) is 3.79. The number of phenolic OH excluding ortho intramolecular Hbond substituents is 1. The fourth-order valence-corrected chi connectivity index (χ4v) is 5.15. The number of carbonyl (C=O) groups excluding carboxylic acids is 1. The third kappa shape index (κ3) is 3.86. The highest BCUT2D eigenvalue weighted by atomic mass is 35.5. The second kappa shape index (κ2) is 6.31. The third-order valence-corrected chi connectivity index (χ3v) is 7.51. The van der Waals surface area contributed by atoms with Gasteiger partial charge in [0, 0.05) is 5.88 Å². The van der Waals surface area contributed by atoms with Crippen LogP contribution >= 0.6 is 11.6 Å². The van der Waals surface area contributed by atoms with E-state index in [-0.39, 0.29) is 11.2 Å². The highest BCUT2D eigenvalue weighted by Crippen LogP contribution is 2.32. The molecule has 112 valence electrons. The summed E-state index contributed by atoms with van der Waals surface area (Å²) in [4.78, 5) is 11.2. The summed E-state index contributed by atoms with van der Waals surface area (Å²) in [5, 5.41) is 11.5. The van der Waals surface area contributed by atoms with Crippen molar-refractivity contribution in [2.24, 2.45) is 0 Å². The van der Waals surface area contributed by atoms with E-state index in [0.717, 1.165) is 24.3 Å². The molecule has 1 aromatic carbocycles. The van der Waals surface area contributed by atoms with Crippen LogP contribution in [0.1, 0.15) is 43.1 Å². The normalized spacial score (nSPS) is 12.5. The number of alkyl halides is 1. The van der Waals surface area contributed by atoms with Crippen LogP contribution in [0.15, 0.2) is 12.1 Å². The minimum absolute atomic E-state index is 0.124. The van der Waals surface area contributed by atoms with Gasteiger partial charge in [-0.1, -0.05) is 51.2 Å². The van der Waals surface area contributed by atoms with E-state index in [4.69, 9.17) is 11.6 Å². The van der Waals surface area contributed by atoms with Gasteiger partial charge < -0.3 is 5.11 Å². The predicted octanol–water partition coefficient (Wildman–Crippen LogP) is 4.05. The van der Waals surface area contributed by atoms with Gasteiger partial charge in [0.2, 0.25) is 0 Å². The van der Waals surface area contributed by atoms with Crippen LogP contribution in [0.25, 0.3) is 0 Å². The molecule has 1 aromatic rings. The summed E-state index contributed by atoms with van der Waals surface area (Å²) in [6.45, 7) is 10.7. The van der Waals surface area contributed by atoms with Crippen molar-refractivity contribution in [3.8, 4) is 5.75 Å². The van der Waals surface area contributed by atoms with Crippen molar-refractivity contribution < 1.29 is 9.90 Å². The number of carbonyl (C=O) groups is 1. The zero-order valence-electron chi connectivity index (χ0n) is 13.1. The zero-order chi connectivity index (χ0) is 15.6. The maximum atomic E-state index is 11.2. The molecule has 20 heavy (non-hydrogen) atoms. The number of rotatable bonds is 5. The van der Waals surface area contributed by atoms with Crippen LogP contribution in [-0.4, -0.2) is 25.3 Å². The molecule has 0 fully saturated rings. The van der Waals surface area contributed by atoms with E-state index in [0.29, 0.717) is 11.4 Å². The topological polar surface area (TPSA) is 37.3 Å². The van der Waals surface area contributed by atoms with Gasteiger partial charge in [0.05, 0.1) is 13.6 Å². The monoisotopic (exact) mass is 312 g/mol. The second-order valence-electron chi connectivity index (χ2n) is 7.01. The number of aromatic hydroxyl groups is 1. The van der Waals surface area contributed by atoms with Gasteiger partial charge in [-0.3, -0.25) is 4.79 Å². The maximum Gasteiger partial charge on any atom is 0.153 e. The molecule has 4 heteroatoms. The summed E-state index contributed by atoms with van der Waals surface area (Å²) in [6, 6.07) is 5.03. The largest absolute Gasteiger partial charge is 0.507 e. The highest BCUT2D eigenvalue weighted by molar-refractivity contribution is 6.89. The lowest BCUT2D eigenvalue weighted by molar-refractivity contribution is 0.112. The van der Waals surface area contributed by atoms with E-state index in [1.807, 2.05) is 26.8 Å². The Hall–Kier alpha value is -0.803. The number of benzene rings is 1. The smallest absolute Gasteiger partial charge is 0.153 e. The van der Waals surface area contributed by atoms with E-state index in [1.54, 1.807) is 0 Å². The summed E-state index contributed by atoms with van der Waals surface area (Å²) in [5.74, 6) is 0.791. The fraction of sp³-hybridized carbons (Fsp3) is 0.562. The lowest BCUT2D eigenvalue weighted by atomic mass is 9.85. The Balaban J connectivity index is 3.39. The molecule has 2 nitrogen and oxygen atoms in total. The van der Waals surface area contributed by atoms with Crippen LogP contribution in [0.4, 0.5) is 0 Å². The molecule has 0 bridgehead atoms. The predicted molar refractivity (Wildman–Crippen MR) is 89.5 cm³/mol. The van der Waals surface area contributed by atoms with Gasteiger partial charge in [-0.15, -0.1) is 11.6 Å². The molecular weight excluding hydrogens is 288 g/mol. The molecule has 0 aromatic heterocycles. The SMILES string of the molecule is CC(C)(C)c1cc([Si](C)(C)CCCCl)cc(C=O)c1O. The molecule has 0 aliphatic heterocycles. The van der Waals surface area contributed by atoms with Crippen molar-refractivity contribution in [1.29, 1.82) is 0 Å². The average molecular weight is 313 g/mol. The fourth-order valence-electron chi connectivity index (χ4n) is 2.36. The molecule has 0 aliphatic carbocycles. The molecule has 1 N–H and O–H groups in total. The molecule has 0 spiro atoms. The first-order chi connectivity index (χ1) is 9.13. The first-order valence-electron chi connectivity index (χ1n) is 7.02. The molecule has 0 unspecified atom stereocenters. The van der Waals surface area contributed by atoms with Crippen molar-refractivity contribution in [3.63, 3.8) is 0 Å². The Bertz CT molecular complexity index is 490. The molecule has 0 saturated heterocycles. The lowest BCUT2D eigenvalue weighted by Gasteiger charge is -2.28. The van der Waals surface area contributed by atoms with Gasteiger partial charge in [-0.25, -0.2) is 0 Å². The van der Waals surface area contributed by atoms with E-state index in [2.05, 4.69) is 19.2 Å². The van der Waals surface area contributed by atoms with E-state index < -0.39 is 8.07 Å². The summed E-state index contributed by atoms with van der Waals surface area (Å²) < 4.78 is 0. The van der Waals surface area contributed by atoms with E-state index in [9.17, 15) is 9.90 Å². The standard InChI is InChI=1S/C16H25ClO2Si/c1-16(2,3)14-10-13(9-12(11-18)15(14)19)20(4,5)8-6-7-17/h9-11,19H,6-8H2,1-5H3. The van der Waals surface area contributed by atoms with Gasteiger partial charge in [0.15, 0.2) is 6.29 Å². The van der Waals surface area contributed by atoms with Crippen LogP contribution in [0.3, 0.4) is 0 Å². The number of hydrogen-bond donors (Lipinski definition) is 1. The van der Waals surface area contributed by atoms with Crippen molar-refractivity contribution in [2.75, 3.05) is 5.88 Å². The Morgan fingerprint density at radius 2 is 1.90 bits per heavy atom. The van der Waals surface area contributed by atoms with Crippen LogP contribution in [0, 0.1) is 0 Å². The molecule has 1 rings (SSSR count). The second-order valence-corrected chi connectivity index (χ2v) is 12.2. The van der Waals surface area contributed by atoms with Gasteiger partial charge >= 0.3 is 0 Å². The van der Waals surface area contributed by atoms with Gasteiger partial charge in [0.1, 0.15) is 5.75 Å². The Kier molecular flexibility index (Phi) is 5.44. The molecule has 0 saturated carbocycles. The van der Waals surface area contributed by atoms with E-state index >= 15 is 0 Å². The van der Waals surface area contributed by atoms with Crippen LogP contribution in [0.5, 0.6) is 5.75 Å². The number of phenols is 1. The van der Waals surface area contributed by atoms with Crippen molar-refractivity contribution in [2.45, 2.75) is 51.7 Å². The summed E-state index contributed by atoms with van der Waals surface area (Å²) in [6.07, 6.45) is 1.74. The van der Waals surface area contributed by atoms with Gasteiger partial charge in [-0.05, 0) is 23.5 Å². The Labute approximate surface area is 128 Å². The molecular formula is C16H25ClO2Si. The first-order valence-corrected chi connectivity index (χ1v) is 10.8. The van der Waals surface area contributed by atoms with Crippen molar-refractivity contribution >= 4 is 31.1 Å². The Morgan fingerprint density at radius 3 is 2.35 bits per heavy atom. The molecule has 0 radical (unpaired) electrons. The summed E-state index contributed by atoms with van der Waals surface area (Å²) >= 11 is 5.81. The van der Waals surface area contributed by atoms with Crippen LogP contribution < -0.4 is 5.19 Å². The van der Waals surface area contributed by atoms with Crippen molar-refractivity contribution in [1.82, 2.24) is 0 Å². The molecule has 0 atom stereocenters. The van der Waals surface area contributed by atoms with E-state index in [1.165, 1.54) is 5.19 Å². The van der Waals surface area contributed by atoms with Crippen molar-refractivity contribution in [3.05, 3.63) is 23.3 Å². The highest BCUT2D eigenvalue weighted by Gasteiger charge is 2.28. The Morgan fingerprint density at radius 1 is 1.30 bits per heavy atom. The minimum Gasteiger partial charge on any atom is -0.507 e. The number of aldehydes is 1.